The molecule has 0 atom stereocenters. The summed E-state index contributed by atoms with van der Waals surface area (Å²) in [6.07, 6.45) is 7.23. The van der Waals surface area contributed by atoms with Gasteiger partial charge in [-0.15, -0.1) is 5.10 Å². The van der Waals surface area contributed by atoms with Crippen molar-refractivity contribution in [3.05, 3.63) is 11.9 Å². The Labute approximate surface area is 106 Å². The molecule has 0 unspecified atom stereocenters. The van der Waals surface area contributed by atoms with E-state index < -0.39 is 5.97 Å². The number of carboxylic acids is 1. The lowest BCUT2D eigenvalue weighted by Crippen LogP contribution is -2.54. The Morgan fingerprint density at radius 2 is 2.11 bits per heavy atom. The van der Waals surface area contributed by atoms with Crippen LogP contribution in [0.3, 0.4) is 0 Å². The Hall–Kier alpha value is -1.43. The fourth-order valence-corrected chi connectivity index (χ4v) is 3.31. The van der Waals surface area contributed by atoms with Crippen LogP contribution in [0.5, 0.6) is 0 Å². The van der Waals surface area contributed by atoms with Crippen LogP contribution in [0.4, 0.5) is 0 Å². The van der Waals surface area contributed by atoms with Crippen LogP contribution < -0.4 is 0 Å². The van der Waals surface area contributed by atoms with Gasteiger partial charge in [0.25, 0.3) is 0 Å². The summed E-state index contributed by atoms with van der Waals surface area (Å²) in [5.41, 5.74) is 1.46. The largest absolute Gasteiger partial charge is 0.480 e. The molecule has 1 aliphatic carbocycles. The fourth-order valence-electron chi connectivity index (χ4n) is 3.31. The molecule has 1 aliphatic heterocycles. The fraction of sp³-hybridized carbons (Fsp3) is 0.750. The molecular formula is C12H18N4O2. The predicted octanol–water partition coefficient (Wildman–Crippen LogP) is 0.739. The Balaban J connectivity index is 1.52. The zero-order valence-corrected chi connectivity index (χ0v) is 10.4. The summed E-state index contributed by atoms with van der Waals surface area (Å²) in [4.78, 5) is 12.9. The highest BCUT2D eigenvalue weighted by Gasteiger charge is 2.44. The first-order chi connectivity index (χ1) is 8.65. The first kappa shape index (κ1) is 11.6. The molecule has 2 aliphatic rings. The smallest absolute Gasteiger partial charge is 0.325 e. The summed E-state index contributed by atoms with van der Waals surface area (Å²) < 4.78 is 1.38. The summed E-state index contributed by atoms with van der Waals surface area (Å²) in [6.45, 7) is 3.01. The highest BCUT2D eigenvalue weighted by atomic mass is 16.4. The van der Waals surface area contributed by atoms with Crippen LogP contribution in [0, 0.1) is 5.41 Å². The lowest BCUT2D eigenvalue weighted by Gasteiger charge is -2.48. The van der Waals surface area contributed by atoms with Gasteiger partial charge in [-0.3, -0.25) is 9.69 Å². The van der Waals surface area contributed by atoms with E-state index in [-0.39, 0.29) is 6.54 Å². The molecule has 1 aromatic rings. The number of likely N-dealkylation sites (tertiary alicyclic amines) is 1. The average Bonchev–Trinajstić information content (AvgIpc) is 2.86. The maximum atomic E-state index is 10.5. The number of hydrogen-bond donors (Lipinski definition) is 1. The van der Waals surface area contributed by atoms with Crippen LogP contribution in [0.2, 0.25) is 0 Å². The first-order valence-corrected chi connectivity index (χ1v) is 6.48. The van der Waals surface area contributed by atoms with Crippen LogP contribution in [-0.4, -0.2) is 44.1 Å². The van der Waals surface area contributed by atoms with Gasteiger partial charge in [0.15, 0.2) is 0 Å². The SMILES string of the molecule is O=C(O)Cn1cc(CN2CC3(CCCC3)C2)nn1. The van der Waals surface area contributed by atoms with Gasteiger partial charge in [-0.25, -0.2) is 4.68 Å². The van der Waals surface area contributed by atoms with E-state index in [1.165, 1.54) is 43.5 Å². The summed E-state index contributed by atoms with van der Waals surface area (Å²) >= 11 is 0. The molecule has 1 saturated heterocycles. The zero-order valence-electron chi connectivity index (χ0n) is 10.4. The second-order valence-corrected chi connectivity index (χ2v) is 5.65. The minimum absolute atomic E-state index is 0.114. The van der Waals surface area contributed by atoms with Crippen molar-refractivity contribution in [1.29, 1.82) is 0 Å². The maximum absolute atomic E-state index is 10.5. The second-order valence-electron chi connectivity index (χ2n) is 5.65. The van der Waals surface area contributed by atoms with Crippen molar-refractivity contribution in [3.63, 3.8) is 0 Å². The molecule has 3 rings (SSSR count). The Morgan fingerprint density at radius 1 is 1.39 bits per heavy atom. The van der Waals surface area contributed by atoms with E-state index in [2.05, 4.69) is 15.2 Å². The third-order valence-electron chi connectivity index (χ3n) is 4.05. The second kappa shape index (κ2) is 4.35. The van der Waals surface area contributed by atoms with Crippen molar-refractivity contribution in [2.75, 3.05) is 13.1 Å². The lowest BCUT2D eigenvalue weighted by atomic mass is 9.78. The molecule has 6 heteroatoms. The molecule has 2 fully saturated rings. The summed E-state index contributed by atoms with van der Waals surface area (Å²) in [7, 11) is 0. The van der Waals surface area contributed by atoms with Crippen LogP contribution in [0.1, 0.15) is 31.4 Å². The van der Waals surface area contributed by atoms with E-state index in [1.807, 2.05) is 0 Å². The standard InChI is InChI=1S/C12H18N4O2/c17-11(18)7-16-6-10(13-14-16)5-15-8-12(9-15)3-1-2-4-12/h6H,1-5,7-9H2,(H,17,18). The maximum Gasteiger partial charge on any atom is 0.325 e. The van der Waals surface area contributed by atoms with E-state index >= 15 is 0 Å². The number of carboxylic acid groups (broad SMARTS) is 1. The van der Waals surface area contributed by atoms with Crippen molar-refractivity contribution in [3.8, 4) is 0 Å². The predicted molar refractivity (Wildman–Crippen MR) is 63.8 cm³/mol. The molecule has 0 radical (unpaired) electrons. The van der Waals surface area contributed by atoms with Gasteiger partial charge in [0.05, 0.1) is 11.9 Å². The number of carbonyl (C=O) groups is 1. The molecular weight excluding hydrogens is 232 g/mol. The van der Waals surface area contributed by atoms with Gasteiger partial charge < -0.3 is 5.11 Å². The Morgan fingerprint density at radius 3 is 2.78 bits per heavy atom. The molecule has 1 spiro atoms. The molecule has 0 amide bonds. The third-order valence-corrected chi connectivity index (χ3v) is 4.05. The lowest BCUT2D eigenvalue weighted by molar-refractivity contribution is -0.137. The molecule has 6 nitrogen and oxygen atoms in total. The minimum atomic E-state index is -0.889. The van der Waals surface area contributed by atoms with Gasteiger partial charge in [0.2, 0.25) is 0 Å². The number of hydrogen-bond acceptors (Lipinski definition) is 4. The average molecular weight is 250 g/mol. The normalized spacial score (nSPS) is 22.2. The molecule has 1 N–H and O–H groups in total. The molecule has 1 aromatic heterocycles. The van der Waals surface area contributed by atoms with Crippen molar-refractivity contribution >= 4 is 5.97 Å². The Bertz CT molecular complexity index is 443. The van der Waals surface area contributed by atoms with Gasteiger partial charge in [0, 0.05) is 19.6 Å². The van der Waals surface area contributed by atoms with Crippen molar-refractivity contribution in [1.82, 2.24) is 19.9 Å². The van der Waals surface area contributed by atoms with Gasteiger partial charge >= 0.3 is 5.97 Å². The molecule has 18 heavy (non-hydrogen) atoms. The minimum Gasteiger partial charge on any atom is -0.480 e. The van der Waals surface area contributed by atoms with Crippen molar-refractivity contribution in [2.45, 2.75) is 38.8 Å². The van der Waals surface area contributed by atoms with Crippen LogP contribution in [0.15, 0.2) is 6.20 Å². The number of rotatable bonds is 4. The monoisotopic (exact) mass is 250 g/mol. The summed E-state index contributed by atoms with van der Waals surface area (Å²) in [6, 6.07) is 0. The third kappa shape index (κ3) is 2.25. The molecule has 2 heterocycles. The first-order valence-electron chi connectivity index (χ1n) is 6.48. The number of aliphatic carboxylic acids is 1. The van der Waals surface area contributed by atoms with Crippen LogP contribution in [0.25, 0.3) is 0 Å². The number of nitrogens with zero attached hydrogens (tertiary/aromatic N) is 4. The van der Waals surface area contributed by atoms with E-state index in [9.17, 15) is 4.79 Å². The van der Waals surface area contributed by atoms with Crippen molar-refractivity contribution in [2.24, 2.45) is 5.41 Å². The Kier molecular flexibility index (Phi) is 2.81. The topological polar surface area (TPSA) is 71.2 Å². The van der Waals surface area contributed by atoms with Gasteiger partial charge in [-0.2, -0.15) is 0 Å². The molecule has 1 saturated carbocycles. The zero-order chi connectivity index (χ0) is 12.6. The van der Waals surface area contributed by atoms with Crippen LogP contribution in [-0.2, 0) is 17.9 Å². The summed E-state index contributed by atoms with van der Waals surface area (Å²) in [5.74, 6) is -0.889. The van der Waals surface area contributed by atoms with Gasteiger partial charge in [-0.05, 0) is 18.3 Å². The van der Waals surface area contributed by atoms with E-state index in [0.717, 1.165) is 12.2 Å². The van der Waals surface area contributed by atoms with Crippen molar-refractivity contribution < 1.29 is 9.90 Å². The summed E-state index contributed by atoms with van der Waals surface area (Å²) in [5, 5.41) is 16.5. The highest BCUT2D eigenvalue weighted by molar-refractivity contribution is 5.66. The van der Waals surface area contributed by atoms with Gasteiger partial charge in [-0.1, -0.05) is 18.1 Å². The van der Waals surface area contributed by atoms with E-state index in [0.29, 0.717) is 5.41 Å². The highest BCUT2D eigenvalue weighted by Crippen LogP contribution is 2.45. The molecule has 0 aromatic carbocycles. The number of aromatic nitrogens is 3. The van der Waals surface area contributed by atoms with Crippen LogP contribution >= 0.6 is 0 Å². The van der Waals surface area contributed by atoms with E-state index in [4.69, 9.17) is 5.11 Å². The molecule has 98 valence electrons. The quantitative estimate of drug-likeness (QED) is 0.853. The van der Waals surface area contributed by atoms with Gasteiger partial charge in [0.1, 0.15) is 6.54 Å². The van der Waals surface area contributed by atoms with E-state index in [1.54, 1.807) is 6.20 Å². The molecule has 0 bridgehead atoms.